The fourth-order valence-corrected chi connectivity index (χ4v) is 3.39. The molecule has 2 unspecified atom stereocenters. The van der Waals surface area contributed by atoms with E-state index in [0.29, 0.717) is 25.4 Å². The molecule has 0 aromatic carbocycles. The molecule has 0 aromatic rings. The number of rotatable bonds is 4. The number of hydrogen-bond acceptors (Lipinski definition) is 4. The maximum atomic E-state index is 12.5. The van der Waals surface area contributed by atoms with Crippen LogP contribution >= 0.6 is 0 Å². The Hall–Kier alpha value is -1.14. The summed E-state index contributed by atoms with van der Waals surface area (Å²) in [6.07, 6.45) is 4.19. The quantitative estimate of drug-likeness (QED) is 0.738. The molecule has 21 heavy (non-hydrogen) atoms. The van der Waals surface area contributed by atoms with Crippen LogP contribution < -0.4 is 5.32 Å². The Morgan fingerprint density at radius 3 is 2.71 bits per heavy atom. The van der Waals surface area contributed by atoms with Gasteiger partial charge < -0.3 is 20.2 Å². The van der Waals surface area contributed by atoms with E-state index >= 15 is 0 Å². The number of amides is 2. The Morgan fingerprint density at radius 1 is 1.29 bits per heavy atom. The van der Waals surface area contributed by atoms with Crippen molar-refractivity contribution in [1.29, 1.82) is 0 Å². The van der Waals surface area contributed by atoms with Crippen LogP contribution in [0.2, 0.25) is 0 Å². The first kappa shape index (κ1) is 14.8. The maximum absolute atomic E-state index is 12.5. The number of β-amino-alcohol motifs (C(OH)–C–C–N with tert-alkyl or cyclic N) is 1. The van der Waals surface area contributed by atoms with Gasteiger partial charge in [0.25, 0.3) is 0 Å². The van der Waals surface area contributed by atoms with E-state index in [1.54, 1.807) is 4.90 Å². The molecule has 0 radical (unpaired) electrons. The molecule has 118 valence electrons. The second kappa shape index (κ2) is 6.32. The molecule has 2 amide bonds. The zero-order valence-corrected chi connectivity index (χ0v) is 12.5. The molecular formula is C15H25N3O3. The van der Waals surface area contributed by atoms with E-state index in [2.05, 4.69) is 5.32 Å². The number of aliphatic hydroxyl groups is 1. The van der Waals surface area contributed by atoms with E-state index < -0.39 is 6.10 Å². The predicted octanol–water partition coefficient (Wildman–Crippen LogP) is -0.430. The molecule has 1 saturated carbocycles. The van der Waals surface area contributed by atoms with Gasteiger partial charge in [0.2, 0.25) is 11.8 Å². The molecular weight excluding hydrogens is 270 g/mol. The molecule has 2 saturated heterocycles. The lowest BCUT2D eigenvalue weighted by Crippen LogP contribution is -2.57. The fourth-order valence-electron chi connectivity index (χ4n) is 3.39. The summed E-state index contributed by atoms with van der Waals surface area (Å²) in [5.74, 6) is 0.710. The van der Waals surface area contributed by atoms with E-state index in [4.69, 9.17) is 0 Å². The molecule has 3 rings (SSSR count). The third-order valence-electron chi connectivity index (χ3n) is 4.98. The van der Waals surface area contributed by atoms with Gasteiger partial charge in [0, 0.05) is 32.7 Å². The highest BCUT2D eigenvalue weighted by Crippen LogP contribution is 2.27. The monoisotopic (exact) mass is 295 g/mol. The van der Waals surface area contributed by atoms with Crippen LogP contribution in [0.3, 0.4) is 0 Å². The van der Waals surface area contributed by atoms with Crippen LogP contribution in [0.15, 0.2) is 0 Å². The van der Waals surface area contributed by atoms with E-state index in [9.17, 15) is 14.7 Å². The first-order valence-electron chi connectivity index (χ1n) is 8.11. The van der Waals surface area contributed by atoms with Crippen LogP contribution in [0.1, 0.15) is 32.1 Å². The van der Waals surface area contributed by atoms with Crippen molar-refractivity contribution in [2.75, 3.05) is 32.7 Å². The Morgan fingerprint density at radius 2 is 2.10 bits per heavy atom. The van der Waals surface area contributed by atoms with Crippen molar-refractivity contribution in [2.24, 2.45) is 5.92 Å². The first-order valence-corrected chi connectivity index (χ1v) is 8.11. The average Bonchev–Trinajstić information content (AvgIpc) is 2.84. The lowest BCUT2D eigenvalue weighted by molar-refractivity contribution is -0.141. The molecule has 2 heterocycles. The van der Waals surface area contributed by atoms with Crippen LogP contribution in [0, 0.1) is 5.92 Å². The second-order valence-corrected chi connectivity index (χ2v) is 6.57. The summed E-state index contributed by atoms with van der Waals surface area (Å²) in [5.41, 5.74) is 0. The third-order valence-corrected chi connectivity index (χ3v) is 4.98. The van der Waals surface area contributed by atoms with E-state index in [1.165, 1.54) is 19.3 Å². The van der Waals surface area contributed by atoms with Crippen LogP contribution in [-0.2, 0) is 9.59 Å². The summed E-state index contributed by atoms with van der Waals surface area (Å²) < 4.78 is 0. The zero-order valence-electron chi connectivity index (χ0n) is 12.5. The number of hydrogen-bond donors (Lipinski definition) is 2. The third kappa shape index (κ3) is 3.37. The lowest BCUT2D eigenvalue weighted by Gasteiger charge is -2.38. The molecule has 3 fully saturated rings. The second-order valence-electron chi connectivity index (χ2n) is 6.57. The van der Waals surface area contributed by atoms with Crippen LogP contribution in [0.4, 0.5) is 0 Å². The van der Waals surface area contributed by atoms with E-state index in [-0.39, 0.29) is 24.3 Å². The molecule has 0 bridgehead atoms. The van der Waals surface area contributed by atoms with Crippen molar-refractivity contribution in [3.63, 3.8) is 0 Å². The van der Waals surface area contributed by atoms with Crippen molar-refractivity contribution in [3.05, 3.63) is 0 Å². The van der Waals surface area contributed by atoms with Gasteiger partial charge in [-0.15, -0.1) is 0 Å². The van der Waals surface area contributed by atoms with Crippen molar-refractivity contribution in [3.8, 4) is 0 Å². The number of carbonyl (C=O) groups excluding carboxylic acids is 2. The van der Waals surface area contributed by atoms with Gasteiger partial charge in [-0.25, -0.2) is 0 Å². The summed E-state index contributed by atoms with van der Waals surface area (Å²) in [7, 11) is 0. The molecule has 2 N–H and O–H groups in total. The Kier molecular flexibility index (Phi) is 4.45. The van der Waals surface area contributed by atoms with Gasteiger partial charge in [-0.2, -0.15) is 0 Å². The van der Waals surface area contributed by atoms with Gasteiger partial charge >= 0.3 is 0 Å². The maximum Gasteiger partial charge on any atom is 0.240 e. The summed E-state index contributed by atoms with van der Waals surface area (Å²) in [4.78, 5) is 28.3. The number of nitrogens with one attached hydrogen (secondary N) is 1. The van der Waals surface area contributed by atoms with Gasteiger partial charge in [0.1, 0.15) is 0 Å². The molecule has 2 atom stereocenters. The van der Waals surface area contributed by atoms with E-state index in [0.717, 1.165) is 19.6 Å². The van der Waals surface area contributed by atoms with Crippen molar-refractivity contribution >= 4 is 11.8 Å². The molecule has 0 spiro atoms. The topological polar surface area (TPSA) is 72.9 Å². The van der Waals surface area contributed by atoms with Crippen molar-refractivity contribution < 1.29 is 14.7 Å². The van der Waals surface area contributed by atoms with Gasteiger partial charge in [0.05, 0.1) is 18.6 Å². The minimum Gasteiger partial charge on any atom is -0.391 e. The number of carbonyl (C=O) groups is 2. The Labute approximate surface area is 125 Å². The van der Waals surface area contributed by atoms with E-state index in [1.807, 2.05) is 4.90 Å². The molecule has 2 aliphatic heterocycles. The minimum atomic E-state index is -0.404. The number of aliphatic hydroxyl groups excluding tert-OH is 1. The minimum absolute atomic E-state index is 0.0251. The largest absolute Gasteiger partial charge is 0.391 e. The number of nitrogens with zero attached hydrogens (tertiary/aromatic N) is 2. The summed E-state index contributed by atoms with van der Waals surface area (Å²) in [6, 6.07) is -0.385. The van der Waals surface area contributed by atoms with Crippen LogP contribution in [-0.4, -0.2) is 71.6 Å². The normalized spacial score (nSPS) is 30.6. The lowest BCUT2D eigenvalue weighted by atomic mass is 9.85. The zero-order chi connectivity index (χ0) is 14.8. The molecule has 6 heteroatoms. The van der Waals surface area contributed by atoms with Crippen LogP contribution in [0.5, 0.6) is 0 Å². The highest BCUT2D eigenvalue weighted by Gasteiger charge is 2.34. The highest BCUT2D eigenvalue weighted by atomic mass is 16.3. The molecule has 0 aromatic heterocycles. The molecule has 6 nitrogen and oxygen atoms in total. The summed E-state index contributed by atoms with van der Waals surface area (Å²) >= 11 is 0. The first-order chi connectivity index (χ1) is 10.1. The smallest absolute Gasteiger partial charge is 0.240 e. The highest BCUT2D eigenvalue weighted by molar-refractivity contribution is 5.89. The number of piperazine rings is 1. The number of likely N-dealkylation sites (tertiary alicyclic amines) is 1. The van der Waals surface area contributed by atoms with Gasteiger partial charge in [-0.1, -0.05) is 6.42 Å². The van der Waals surface area contributed by atoms with Gasteiger partial charge in [-0.3, -0.25) is 9.59 Å². The fraction of sp³-hybridized carbons (Fsp3) is 0.867. The van der Waals surface area contributed by atoms with Crippen molar-refractivity contribution in [1.82, 2.24) is 15.1 Å². The standard InChI is InChI=1S/C15H25N3O3/c19-12-4-6-17(10-12)14(20)8-13-15(21)18(7-5-16-13)9-11-2-1-3-11/h11-13,16,19H,1-10H2. The van der Waals surface area contributed by atoms with Crippen LogP contribution in [0.25, 0.3) is 0 Å². The van der Waals surface area contributed by atoms with Crippen molar-refractivity contribution in [2.45, 2.75) is 44.2 Å². The average molecular weight is 295 g/mol. The van der Waals surface area contributed by atoms with Gasteiger partial charge in [0.15, 0.2) is 0 Å². The Bertz CT molecular complexity index is 411. The summed E-state index contributed by atoms with van der Waals surface area (Å²) in [6.45, 7) is 3.38. The molecule has 1 aliphatic carbocycles. The van der Waals surface area contributed by atoms with Gasteiger partial charge in [-0.05, 0) is 25.2 Å². The SMILES string of the molecule is O=C(CC1NCCN(CC2CCC2)C1=O)N1CCC(O)C1. The Balaban J connectivity index is 1.51. The predicted molar refractivity (Wildman–Crippen MR) is 77.5 cm³/mol. The summed E-state index contributed by atoms with van der Waals surface area (Å²) in [5, 5.41) is 12.7. The molecule has 3 aliphatic rings.